The maximum Gasteiger partial charge on any atom is 0.0563 e. The van der Waals surface area contributed by atoms with E-state index in [2.05, 4.69) is 17.4 Å². The van der Waals surface area contributed by atoms with Gasteiger partial charge >= 0.3 is 0 Å². The van der Waals surface area contributed by atoms with Crippen molar-refractivity contribution in [1.82, 2.24) is 9.58 Å². The molecule has 1 atom stereocenters. The van der Waals surface area contributed by atoms with Crippen LogP contribution in [0.1, 0.15) is 6.42 Å². The zero-order valence-corrected chi connectivity index (χ0v) is 7.40. The Morgan fingerprint density at radius 3 is 2.67 bits per heavy atom. The van der Waals surface area contributed by atoms with Gasteiger partial charge in [-0.15, -0.1) is 0 Å². The van der Waals surface area contributed by atoms with Crippen LogP contribution >= 0.6 is 0 Å². The first-order chi connectivity index (χ1) is 5.84. The predicted octanol–water partition coefficient (Wildman–Crippen LogP) is 0.736. The van der Waals surface area contributed by atoms with Crippen LogP contribution in [-0.4, -0.2) is 35.8 Å². The third-order valence-corrected chi connectivity index (χ3v) is 2.33. The van der Waals surface area contributed by atoms with Crippen LogP contribution in [0.4, 0.5) is 0 Å². The van der Waals surface area contributed by atoms with Gasteiger partial charge in [-0.05, 0) is 32.1 Å². The molecule has 1 fully saturated rings. The number of rotatable bonds is 2. The molecular formula is C9H15N3. The third-order valence-electron chi connectivity index (χ3n) is 2.33. The summed E-state index contributed by atoms with van der Waals surface area (Å²) in [4.78, 5) is 2.35. The van der Waals surface area contributed by atoms with Gasteiger partial charge in [0.05, 0.1) is 6.04 Å². The summed E-state index contributed by atoms with van der Waals surface area (Å²) in [6, 6.07) is 4.68. The van der Waals surface area contributed by atoms with E-state index in [0.717, 1.165) is 6.54 Å². The fraction of sp³-hybridized carbons (Fsp3) is 0.556. The lowest BCUT2D eigenvalue weighted by Gasteiger charge is -2.14. The molecule has 1 aliphatic heterocycles. The number of likely N-dealkylation sites (N-methyl/N-ethyl adjacent to an activating group) is 1. The predicted molar refractivity (Wildman–Crippen MR) is 49.7 cm³/mol. The van der Waals surface area contributed by atoms with Crippen LogP contribution in [0.5, 0.6) is 0 Å². The first-order valence-electron chi connectivity index (χ1n) is 4.42. The van der Waals surface area contributed by atoms with Gasteiger partial charge in [0.15, 0.2) is 0 Å². The molecule has 1 saturated heterocycles. The Hall–Kier alpha value is -0.960. The molecule has 0 amide bonds. The average Bonchev–Trinajstić information content (AvgIpc) is 2.63. The van der Waals surface area contributed by atoms with Crippen molar-refractivity contribution in [3.63, 3.8) is 0 Å². The summed E-state index contributed by atoms with van der Waals surface area (Å²) in [6.45, 7) is 2.36. The van der Waals surface area contributed by atoms with Gasteiger partial charge in [-0.2, -0.15) is 0 Å². The molecule has 0 aromatic carbocycles. The lowest BCUT2D eigenvalue weighted by atomic mass is 10.3. The van der Waals surface area contributed by atoms with E-state index in [-0.39, 0.29) is 0 Å². The number of hydrogen-bond donors (Lipinski definition) is 1. The second-order valence-electron chi connectivity index (χ2n) is 3.47. The van der Waals surface area contributed by atoms with E-state index >= 15 is 0 Å². The summed E-state index contributed by atoms with van der Waals surface area (Å²) in [5.74, 6) is 0. The lowest BCUT2D eigenvalue weighted by Crippen LogP contribution is -2.29. The molecule has 3 heteroatoms. The molecule has 3 nitrogen and oxygen atoms in total. The quantitative estimate of drug-likeness (QED) is 0.697. The summed E-state index contributed by atoms with van der Waals surface area (Å²) in [6.07, 6.45) is 5.32. The molecule has 66 valence electrons. The largest absolute Gasteiger partial charge is 0.322 e. The van der Waals surface area contributed by atoms with Gasteiger partial charge in [0.25, 0.3) is 0 Å². The van der Waals surface area contributed by atoms with Crippen molar-refractivity contribution in [2.45, 2.75) is 12.5 Å². The second-order valence-corrected chi connectivity index (χ2v) is 3.47. The van der Waals surface area contributed by atoms with Crippen LogP contribution < -0.4 is 5.43 Å². The molecule has 0 saturated carbocycles. The van der Waals surface area contributed by atoms with Crippen molar-refractivity contribution < 1.29 is 0 Å². The van der Waals surface area contributed by atoms with Crippen LogP contribution in [-0.2, 0) is 0 Å². The molecule has 12 heavy (non-hydrogen) atoms. The highest BCUT2D eigenvalue weighted by atomic mass is 15.4. The van der Waals surface area contributed by atoms with Crippen LogP contribution in [0.15, 0.2) is 24.5 Å². The molecule has 0 radical (unpaired) electrons. The second kappa shape index (κ2) is 3.19. The number of likely N-dealkylation sites (tertiary alicyclic amines) is 1. The van der Waals surface area contributed by atoms with Crippen molar-refractivity contribution in [2.75, 3.05) is 25.6 Å². The molecule has 2 heterocycles. The highest BCUT2D eigenvalue weighted by Crippen LogP contribution is 2.07. The number of nitrogens with one attached hydrogen (secondary N) is 1. The molecule has 1 aliphatic rings. The van der Waals surface area contributed by atoms with Crippen LogP contribution in [0.25, 0.3) is 0 Å². The number of aromatic nitrogens is 1. The summed E-state index contributed by atoms with van der Waals surface area (Å²) >= 11 is 0. The fourth-order valence-corrected chi connectivity index (χ4v) is 1.67. The molecule has 1 aromatic rings. The summed E-state index contributed by atoms with van der Waals surface area (Å²) in [5, 5.41) is 0. The van der Waals surface area contributed by atoms with E-state index in [9.17, 15) is 0 Å². The van der Waals surface area contributed by atoms with E-state index in [0.29, 0.717) is 6.04 Å². The van der Waals surface area contributed by atoms with Gasteiger partial charge in [-0.1, -0.05) is 0 Å². The van der Waals surface area contributed by atoms with Gasteiger partial charge in [-0.3, -0.25) is 4.68 Å². The highest BCUT2D eigenvalue weighted by molar-refractivity contribution is 4.97. The van der Waals surface area contributed by atoms with Crippen LogP contribution in [0, 0.1) is 0 Å². The zero-order chi connectivity index (χ0) is 8.39. The molecule has 1 aromatic heterocycles. The van der Waals surface area contributed by atoms with Gasteiger partial charge < -0.3 is 10.3 Å². The maximum atomic E-state index is 3.43. The Labute approximate surface area is 72.9 Å². The van der Waals surface area contributed by atoms with Gasteiger partial charge in [0.2, 0.25) is 0 Å². The monoisotopic (exact) mass is 165 g/mol. The van der Waals surface area contributed by atoms with E-state index in [4.69, 9.17) is 0 Å². The normalized spacial score (nSPS) is 24.6. The molecule has 0 aliphatic carbocycles. The lowest BCUT2D eigenvalue weighted by molar-refractivity contribution is 0.411. The van der Waals surface area contributed by atoms with Gasteiger partial charge in [-0.25, -0.2) is 0 Å². The van der Waals surface area contributed by atoms with E-state index in [1.165, 1.54) is 13.0 Å². The minimum absolute atomic E-state index is 0.613. The first-order valence-corrected chi connectivity index (χ1v) is 4.42. The number of nitrogens with zero attached hydrogens (tertiary/aromatic N) is 2. The SMILES string of the molecule is CN1CCC(Nn2cccc2)C1. The Kier molecular flexibility index (Phi) is 2.04. The smallest absolute Gasteiger partial charge is 0.0563 e. The molecule has 2 rings (SSSR count). The van der Waals surface area contributed by atoms with Crippen molar-refractivity contribution in [2.24, 2.45) is 0 Å². The van der Waals surface area contributed by atoms with E-state index in [1.54, 1.807) is 0 Å². The molecular weight excluding hydrogens is 150 g/mol. The Morgan fingerprint density at radius 1 is 1.33 bits per heavy atom. The minimum Gasteiger partial charge on any atom is -0.322 e. The zero-order valence-electron chi connectivity index (χ0n) is 7.40. The van der Waals surface area contributed by atoms with Crippen molar-refractivity contribution in [3.05, 3.63) is 24.5 Å². The Morgan fingerprint density at radius 2 is 2.08 bits per heavy atom. The molecule has 0 spiro atoms. The topological polar surface area (TPSA) is 20.2 Å². The molecule has 1 N–H and O–H groups in total. The van der Waals surface area contributed by atoms with Gasteiger partial charge in [0, 0.05) is 18.9 Å². The molecule has 0 bridgehead atoms. The van der Waals surface area contributed by atoms with Crippen LogP contribution in [0.2, 0.25) is 0 Å². The third kappa shape index (κ3) is 1.61. The summed E-state index contributed by atoms with van der Waals surface area (Å²) in [5.41, 5.74) is 3.43. The number of hydrogen-bond acceptors (Lipinski definition) is 2. The standard InChI is InChI=1S/C9H15N3/c1-11-7-4-9(8-11)10-12-5-2-3-6-12/h2-3,5-6,9-10H,4,7-8H2,1H3. The Bertz CT molecular complexity index is 230. The van der Waals surface area contributed by atoms with Crippen molar-refractivity contribution >= 4 is 0 Å². The van der Waals surface area contributed by atoms with Gasteiger partial charge in [0.1, 0.15) is 0 Å². The average molecular weight is 165 g/mol. The van der Waals surface area contributed by atoms with E-state index < -0.39 is 0 Å². The summed E-state index contributed by atoms with van der Waals surface area (Å²) in [7, 11) is 2.16. The Balaban J connectivity index is 1.88. The fourth-order valence-electron chi connectivity index (χ4n) is 1.67. The minimum atomic E-state index is 0.613. The van der Waals surface area contributed by atoms with E-state index in [1.807, 2.05) is 29.2 Å². The first kappa shape index (κ1) is 7.68. The highest BCUT2D eigenvalue weighted by Gasteiger charge is 2.18. The molecule has 1 unspecified atom stereocenters. The summed E-state index contributed by atoms with van der Waals surface area (Å²) < 4.78 is 2.03. The van der Waals surface area contributed by atoms with Crippen molar-refractivity contribution in [1.29, 1.82) is 0 Å². The van der Waals surface area contributed by atoms with Crippen LogP contribution in [0.3, 0.4) is 0 Å². The maximum absolute atomic E-state index is 3.43. The van der Waals surface area contributed by atoms with Crippen molar-refractivity contribution in [3.8, 4) is 0 Å².